The molecule has 30 heavy (non-hydrogen) atoms. The summed E-state index contributed by atoms with van der Waals surface area (Å²) in [7, 11) is 0. The van der Waals surface area contributed by atoms with Crippen LogP contribution in [0.3, 0.4) is 0 Å². The van der Waals surface area contributed by atoms with Gasteiger partial charge in [0, 0.05) is 40.8 Å². The molecule has 0 aliphatic rings. The highest BCUT2D eigenvalue weighted by atomic mass is 32.2. The van der Waals surface area contributed by atoms with Crippen LogP contribution < -0.4 is 10.1 Å². The highest BCUT2D eigenvalue weighted by molar-refractivity contribution is 7.99. The maximum atomic E-state index is 13.6. The summed E-state index contributed by atoms with van der Waals surface area (Å²) >= 11 is 1.72. The zero-order valence-corrected chi connectivity index (χ0v) is 17.3. The van der Waals surface area contributed by atoms with Crippen molar-refractivity contribution in [1.82, 2.24) is 20.6 Å². The SMILES string of the molecule is Cc1nonc1CNCc1cc2ccc(F)cc2nc1OCCSc1ccccc1. The van der Waals surface area contributed by atoms with E-state index in [1.807, 2.05) is 31.2 Å². The highest BCUT2D eigenvalue weighted by Gasteiger charge is 2.11. The zero-order chi connectivity index (χ0) is 20.8. The van der Waals surface area contributed by atoms with E-state index in [1.165, 1.54) is 17.0 Å². The molecule has 154 valence electrons. The van der Waals surface area contributed by atoms with E-state index in [9.17, 15) is 4.39 Å². The number of halogens is 1. The first-order valence-corrected chi connectivity index (χ1v) is 10.6. The molecule has 0 amide bonds. The monoisotopic (exact) mass is 424 g/mol. The second-order valence-electron chi connectivity index (χ2n) is 6.70. The molecule has 2 heterocycles. The highest BCUT2D eigenvalue weighted by Crippen LogP contribution is 2.24. The van der Waals surface area contributed by atoms with E-state index in [1.54, 1.807) is 17.8 Å². The largest absolute Gasteiger partial charge is 0.477 e. The van der Waals surface area contributed by atoms with Gasteiger partial charge < -0.3 is 10.1 Å². The lowest BCUT2D eigenvalue weighted by Gasteiger charge is -2.13. The normalized spacial score (nSPS) is 11.1. The van der Waals surface area contributed by atoms with Gasteiger partial charge in [-0.2, -0.15) is 0 Å². The molecule has 0 spiro atoms. The number of thioether (sulfide) groups is 1. The Balaban J connectivity index is 1.45. The van der Waals surface area contributed by atoms with Crippen molar-refractivity contribution >= 4 is 22.7 Å². The molecule has 0 radical (unpaired) electrons. The van der Waals surface area contributed by atoms with E-state index in [-0.39, 0.29) is 5.82 Å². The fraction of sp³-hybridized carbons (Fsp3) is 0.227. The van der Waals surface area contributed by atoms with Crippen LogP contribution in [0.15, 0.2) is 64.1 Å². The number of rotatable bonds is 9. The van der Waals surface area contributed by atoms with Crippen molar-refractivity contribution in [2.45, 2.75) is 24.9 Å². The Morgan fingerprint density at radius 1 is 1.07 bits per heavy atom. The molecule has 4 rings (SSSR count). The minimum absolute atomic E-state index is 0.319. The van der Waals surface area contributed by atoms with Gasteiger partial charge in [-0.15, -0.1) is 11.8 Å². The van der Waals surface area contributed by atoms with E-state index >= 15 is 0 Å². The fourth-order valence-corrected chi connectivity index (χ4v) is 3.71. The number of aromatic nitrogens is 3. The summed E-state index contributed by atoms with van der Waals surface area (Å²) in [6.45, 7) is 3.37. The summed E-state index contributed by atoms with van der Waals surface area (Å²) in [4.78, 5) is 5.74. The van der Waals surface area contributed by atoms with Gasteiger partial charge in [0.15, 0.2) is 0 Å². The van der Waals surface area contributed by atoms with Crippen LogP contribution in [0.1, 0.15) is 17.0 Å². The molecule has 0 bridgehead atoms. The molecule has 0 unspecified atom stereocenters. The number of fused-ring (bicyclic) bond motifs is 1. The summed E-state index contributed by atoms with van der Waals surface area (Å²) < 4.78 is 24.3. The van der Waals surface area contributed by atoms with Gasteiger partial charge in [-0.1, -0.05) is 28.5 Å². The number of ether oxygens (including phenoxy) is 1. The molecular formula is C22H21FN4O2S. The smallest absolute Gasteiger partial charge is 0.218 e. The van der Waals surface area contributed by atoms with Crippen LogP contribution in [0.4, 0.5) is 4.39 Å². The third kappa shape index (κ3) is 5.14. The predicted molar refractivity (Wildman–Crippen MR) is 114 cm³/mol. The summed E-state index contributed by atoms with van der Waals surface area (Å²) in [5.74, 6) is 0.966. The molecular weight excluding hydrogens is 403 g/mol. The molecule has 0 aliphatic carbocycles. The number of aryl methyl sites for hydroxylation is 1. The molecule has 4 aromatic rings. The van der Waals surface area contributed by atoms with Gasteiger partial charge in [-0.05, 0) is 37.3 Å². The van der Waals surface area contributed by atoms with Crippen molar-refractivity contribution in [1.29, 1.82) is 0 Å². The first-order chi connectivity index (χ1) is 14.7. The Labute approximate surface area is 177 Å². The standard InChI is InChI=1S/C22H21FN4O2S/c1-15-21(27-29-26-15)14-24-13-17-11-16-7-8-18(23)12-20(16)25-22(17)28-9-10-30-19-5-3-2-4-6-19/h2-8,11-12,24H,9-10,13-14H2,1H3. The van der Waals surface area contributed by atoms with Crippen molar-refractivity contribution in [2.75, 3.05) is 12.4 Å². The molecule has 2 aromatic carbocycles. The summed E-state index contributed by atoms with van der Waals surface area (Å²) in [6.07, 6.45) is 0. The number of hydrogen-bond acceptors (Lipinski definition) is 7. The number of nitrogens with one attached hydrogen (secondary N) is 1. The van der Waals surface area contributed by atoms with Crippen LogP contribution in [0.25, 0.3) is 10.9 Å². The van der Waals surface area contributed by atoms with Gasteiger partial charge in [0.05, 0.1) is 12.1 Å². The van der Waals surface area contributed by atoms with Crippen molar-refractivity contribution in [3.63, 3.8) is 0 Å². The first kappa shape index (κ1) is 20.3. The second kappa shape index (κ2) is 9.69. The number of hydrogen-bond donors (Lipinski definition) is 1. The van der Waals surface area contributed by atoms with Crippen LogP contribution >= 0.6 is 11.8 Å². The maximum Gasteiger partial charge on any atom is 0.218 e. The molecule has 8 heteroatoms. The quantitative estimate of drug-likeness (QED) is 0.313. The van der Waals surface area contributed by atoms with Crippen LogP contribution in [-0.4, -0.2) is 27.7 Å². The Hall–Kier alpha value is -2.97. The van der Waals surface area contributed by atoms with Crippen LogP contribution in [0.5, 0.6) is 5.88 Å². The third-order valence-corrected chi connectivity index (χ3v) is 5.48. The van der Waals surface area contributed by atoms with E-state index in [0.717, 1.165) is 28.1 Å². The Morgan fingerprint density at radius 3 is 2.73 bits per heavy atom. The Morgan fingerprint density at radius 2 is 1.93 bits per heavy atom. The van der Waals surface area contributed by atoms with Gasteiger partial charge in [0.25, 0.3) is 0 Å². The molecule has 0 aliphatic heterocycles. The van der Waals surface area contributed by atoms with Crippen LogP contribution in [0.2, 0.25) is 0 Å². The molecule has 0 saturated carbocycles. The summed E-state index contributed by atoms with van der Waals surface area (Å²) in [5, 5.41) is 11.8. The summed E-state index contributed by atoms with van der Waals surface area (Å²) in [5.41, 5.74) is 2.98. The third-order valence-electron chi connectivity index (χ3n) is 4.51. The Kier molecular flexibility index (Phi) is 6.56. The number of benzene rings is 2. The van der Waals surface area contributed by atoms with E-state index in [4.69, 9.17) is 9.37 Å². The Bertz CT molecular complexity index is 1120. The van der Waals surface area contributed by atoms with Gasteiger partial charge in [0.2, 0.25) is 5.88 Å². The van der Waals surface area contributed by atoms with Crippen LogP contribution in [0, 0.1) is 12.7 Å². The van der Waals surface area contributed by atoms with Gasteiger partial charge in [0.1, 0.15) is 17.2 Å². The predicted octanol–water partition coefficient (Wildman–Crippen LogP) is 4.53. The van der Waals surface area contributed by atoms with E-state index in [0.29, 0.717) is 31.1 Å². The van der Waals surface area contributed by atoms with E-state index in [2.05, 4.69) is 32.7 Å². The molecule has 0 saturated heterocycles. The number of nitrogens with zero attached hydrogens (tertiary/aromatic N) is 3. The topological polar surface area (TPSA) is 73.1 Å². The van der Waals surface area contributed by atoms with Gasteiger partial charge in [-0.3, -0.25) is 0 Å². The second-order valence-corrected chi connectivity index (χ2v) is 7.87. The minimum Gasteiger partial charge on any atom is -0.477 e. The van der Waals surface area contributed by atoms with E-state index < -0.39 is 0 Å². The lowest BCUT2D eigenvalue weighted by molar-refractivity contribution is 0.300. The molecule has 2 aromatic heterocycles. The zero-order valence-electron chi connectivity index (χ0n) is 16.5. The lowest BCUT2D eigenvalue weighted by atomic mass is 10.1. The van der Waals surface area contributed by atoms with Crippen molar-refractivity contribution < 1.29 is 13.8 Å². The molecule has 0 fully saturated rings. The first-order valence-electron chi connectivity index (χ1n) is 9.57. The number of pyridine rings is 1. The average Bonchev–Trinajstić information content (AvgIpc) is 3.17. The molecule has 6 nitrogen and oxygen atoms in total. The van der Waals surface area contributed by atoms with Crippen molar-refractivity contribution in [2.24, 2.45) is 0 Å². The van der Waals surface area contributed by atoms with Crippen molar-refractivity contribution in [3.8, 4) is 5.88 Å². The fourth-order valence-electron chi connectivity index (χ4n) is 2.96. The lowest BCUT2D eigenvalue weighted by Crippen LogP contribution is -2.15. The minimum atomic E-state index is -0.319. The van der Waals surface area contributed by atoms with Gasteiger partial charge in [-0.25, -0.2) is 14.0 Å². The average molecular weight is 425 g/mol. The van der Waals surface area contributed by atoms with Crippen LogP contribution in [-0.2, 0) is 13.1 Å². The maximum absolute atomic E-state index is 13.6. The molecule has 0 atom stereocenters. The van der Waals surface area contributed by atoms with Crippen molar-refractivity contribution in [3.05, 3.63) is 77.4 Å². The van der Waals surface area contributed by atoms with Gasteiger partial charge >= 0.3 is 0 Å². The summed E-state index contributed by atoms with van der Waals surface area (Å²) in [6, 6.07) is 16.7. The molecule has 1 N–H and O–H groups in total.